The molecule has 0 N–H and O–H groups in total. The standard InChI is InChI=1S/C19H24N2O4/c1-5-24-18-8-6-15(12-13(18)2)17(22)7-9-19(23)21(4)14(3)16-10-11-25-20-16/h6,8,10-12,14H,5,7,9H2,1-4H3/t14-/m0/s1. The minimum absolute atomic E-state index is 0.0537. The van der Waals surface area contributed by atoms with E-state index in [1.165, 1.54) is 6.26 Å². The second-order valence-corrected chi connectivity index (χ2v) is 5.94. The van der Waals surface area contributed by atoms with Crippen molar-refractivity contribution in [3.63, 3.8) is 0 Å². The highest BCUT2D eigenvalue weighted by Crippen LogP contribution is 2.21. The zero-order valence-corrected chi connectivity index (χ0v) is 15.1. The molecule has 0 radical (unpaired) electrons. The monoisotopic (exact) mass is 344 g/mol. The molecule has 0 fully saturated rings. The molecular formula is C19H24N2O4. The second kappa shape index (κ2) is 8.46. The van der Waals surface area contributed by atoms with Crippen molar-refractivity contribution in [3.05, 3.63) is 47.3 Å². The lowest BCUT2D eigenvalue weighted by Gasteiger charge is -2.23. The number of benzene rings is 1. The number of ketones is 1. The summed E-state index contributed by atoms with van der Waals surface area (Å²) in [7, 11) is 1.70. The van der Waals surface area contributed by atoms with Gasteiger partial charge < -0.3 is 14.2 Å². The van der Waals surface area contributed by atoms with Crippen molar-refractivity contribution in [2.45, 2.75) is 39.7 Å². The number of carbonyl (C=O) groups is 2. The lowest BCUT2D eigenvalue weighted by Crippen LogP contribution is -2.30. The van der Waals surface area contributed by atoms with Crippen LogP contribution in [-0.4, -0.2) is 35.4 Å². The Kier molecular flexibility index (Phi) is 6.33. The van der Waals surface area contributed by atoms with E-state index in [1.807, 2.05) is 20.8 Å². The number of aromatic nitrogens is 1. The van der Waals surface area contributed by atoms with E-state index < -0.39 is 0 Å². The Morgan fingerprint density at radius 3 is 2.64 bits per heavy atom. The summed E-state index contributed by atoms with van der Waals surface area (Å²) in [6.45, 7) is 6.27. The Morgan fingerprint density at radius 2 is 2.04 bits per heavy atom. The van der Waals surface area contributed by atoms with Gasteiger partial charge in [-0.3, -0.25) is 9.59 Å². The number of amides is 1. The first-order valence-corrected chi connectivity index (χ1v) is 8.36. The maximum atomic E-state index is 12.4. The Hall–Kier alpha value is -2.63. The fourth-order valence-electron chi connectivity index (χ4n) is 2.53. The van der Waals surface area contributed by atoms with Crippen LogP contribution in [0, 0.1) is 6.92 Å². The van der Waals surface area contributed by atoms with Crippen LogP contribution in [0.15, 0.2) is 35.1 Å². The molecule has 0 aliphatic rings. The number of carbonyl (C=O) groups excluding carboxylic acids is 2. The highest BCUT2D eigenvalue weighted by atomic mass is 16.5. The molecule has 134 valence electrons. The first kappa shape index (κ1) is 18.7. The van der Waals surface area contributed by atoms with Gasteiger partial charge in [-0.15, -0.1) is 0 Å². The van der Waals surface area contributed by atoms with Gasteiger partial charge in [0.05, 0.1) is 12.6 Å². The van der Waals surface area contributed by atoms with Crippen LogP contribution in [0.3, 0.4) is 0 Å². The number of nitrogens with zero attached hydrogens (tertiary/aromatic N) is 2. The molecule has 0 bridgehead atoms. The third-order valence-electron chi connectivity index (χ3n) is 4.22. The summed E-state index contributed by atoms with van der Waals surface area (Å²) >= 11 is 0. The zero-order valence-electron chi connectivity index (χ0n) is 15.1. The van der Waals surface area contributed by atoms with Gasteiger partial charge in [0.25, 0.3) is 0 Å². The van der Waals surface area contributed by atoms with Crippen molar-refractivity contribution in [2.75, 3.05) is 13.7 Å². The molecule has 1 aromatic heterocycles. The Bertz CT molecular complexity index is 725. The summed E-state index contributed by atoms with van der Waals surface area (Å²) in [6.07, 6.45) is 1.80. The predicted octanol–water partition coefficient (Wildman–Crippen LogP) is 3.56. The van der Waals surface area contributed by atoms with Gasteiger partial charge in [0.15, 0.2) is 5.78 Å². The van der Waals surface area contributed by atoms with E-state index in [1.54, 1.807) is 36.2 Å². The molecule has 1 aromatic carbocycles. The predicted molar refractivity (Wildman–Crippen MR) is 93.6 cm³/mol. The molecule has 1 heterocycles. The van der Waals surface area contributed by atoms with Crippen molar-refractivity contribution < 1.29 is 18.8 Å². The number of aryl methyl sites for hydroxylation is 1. The van der Waals surface area contributed by atoms with Crippen molar-refractivity contribution in [2.24, 2.45) is 0 Å². The van der Waals surface area contributed by atoms with Gasteiger partial charge in [0.2, 0.25) is 5.91 Å². The zero-order chi connectivity index (χ0) is 18.4. The van der Waals surface area contributed by atoms with E-state index in [0.717, 1.165) is 11.3 Å². The summed E-state index contributed by atoms with van der Waals surface area (Å²) in [4.78, 5) is 26.2. The van der Waals surface area contributed by atoms with Crippen molar-refractivity contribution in [3.8, 4) is 5.75 Å². The maximum Gasteiger partial charge on any atom is 0.223 e. The van der Waals surface area contributed by atoms with Crippen LogP contribution in [-0.2, 0) is 4.79 Å². The van der Waals surface area contributed by atoms with Crippen molar-refractivity contribution in [1.82, 2.24) is 10.1 Å². The third-order valence-corrected chi connectivity index (χ3v) is 4.22. The molecule has 0 unspecified atom stereocenters. The van der Waals surface area contributed by atoms with Gasteiger partial charge in [0.1, 0.15) is 17.7 Å². The summed E-state index contributed by atoms with van der Waals surface area (Å²) in [5, 5.41) is 3.85. The molecule has 1 atom stereocenters. The summed E-state index contributed by atoms with van der Waals surface area (Å²) < 4.78 is 10.3. The van der Waals surface area contributed by atoms with Crippen molar-refractivity contribution >= 4 is 11.7 Å². The van der Waals surface area contributed by atoms with Gasteiger partial charge >= 0.3 is 0 Å². The SMILES string of the molecule is CCOc1ccc(C(=O)CCC(=O)N(C)[C@@H](C)c2ccon2)cc1C. The third kappa shape index (κ3) is 4.68. The average Bonchev–Trinajstić information content (AvgIpc) is 3.14. The molecule has 6 heteroatoms. The Labute approximate surface area is 147 Å². The first-order valence-electron chi connectivity index (χ1n) is 8.36. The average molecular weight is 344 g/mol. The normalized spacial score (nSPS) is 11.8. The van der Waals surface area contributed by atoms with Crippen LogP contribution in [0.5, 0.6) is 5.75 Å². The number of hydrogen-bond donors (Lipinski definition) is 0. The summed E-state index contributed by atoms with van der Waals surface area (Å²) in [5.74, 6) is 0.616. The molecule has 25 heavy (non-hydrogen) atoms. The number of hydrogen-bond acceptors (Lipinski definition) is 5. The highest BCUT2D eigenvalue weighted by Gasteiger charge is 2.20. The van der Waals surface area contributed by atoms with E-state index >= 15 is 0 Å². The van der Waals surface area contributed by atoms with E-state index in [-0.39, 0.29) is 30.6 Å². The molecule has 0 aliphatic carbocycles. The fraction of sp³-hybridized carbons (Fsp3) is 0.421. The second-order valence-electron chi connectivity index (χ2n) is 5.94. The largest absolute Gasteiger partial charge is 0.494 e. The number of Topliss-reactive ketones (excluding diaryl/α,β-unsaturated/α-hetero) is 1. The van der Waals surface area contributed by atoms with E-state index in [9.17, 15) is 9.59 Å². The molecule has 2 rings (SSSR count). The van der Waals surface area contributed by atoms with E-state index in [0.29, 0.717) is 17.9 Å². The minimum Gasteiger partial charge on any atom is -0.494 e. The van der Waals surface area contributed by atoms with Crippen molar-refractivity contribution in [1.29, 1.82) is 0 Å². The van der Waals surface area contributed by atoms with Crippen LogP contribution in [0.1, 0.15) is 54.3 Å². The van der Waals surface area contributed by atoms with E-state index in [4.69, 9.17) is 9.26 Å². The molecule has 0 spiro atoms. The van der Waals surface area contributed by atoms with Gasteiger partial charge in [-0.2, -0.15) is 0 Å². The topological polar surface area (TPSA) is 72.6 Å². The van der Waals surface area contributed by atoms with Gasteiger partial charge in [-0.05, 0) is 44.5 Å². The van der Waals surface area contributed by atoms with Crippen LogP contribution in [0.25, 0.3) is 0 Å². The Morgan fingerprint density at radius 1 is 1.28 bits per heavy atom. The van der Waals surface area contributed by atoms with Crippen LogP contribution in [0.4, 0.5) is 0 Å². The van der Waals surface area contributed by atoms with Gasteiger partial charge in [-0.25, -0.2) is 0 Å². The quantitative estimate of drug-likeness (QED) is 0.685. The molecule has 0 saturated heterocycles. The summed E-state index contributed by atoms with van der Waals surface area (Å²) in [5.41, 5.74) is 2.20. The maximum absolute atomic E-state index is 12.4. The number of ether oxygens (including phenoxy) is 1. The number of rotatable bonds is 8. The lowest BCUT2D eigenvalue weighted by atomic mass is 10.0. The lowest BCUT2D eigenvalue weighted by molar-refractivity contribution is -0.131. The smallest absolute Gasteiger partial charge is 0.223 e. The van der Waals surface area contributed by atoms with Crippen LogP contribution < -0.4 is 4.74 Å². The molecule has 1 amide bonds. The van der Waals surface area contributed by atoms with Gasteiger partial charge in [0, 0.05) is 31.5 Å². The van der Waals surface area contributed by atoms with Crippen LogP contribution in [0.2, 0.25) is 0 Å². The fourth-order valence-corrected chi connectivity index (χ4v) is 2.53. The first-order chi connectivity index (χ1) is 11.9. The molecule has 0 aliphatic heterocycles. The summed E-state index contributed by atoms with van der Waals surface area (Å²) in [6, 6.07) is 6.87. The van der Waals surface area contributed by atoms with Crippen LogP contribution >= 0.6 is 0 Å². The minimum atomic E-state index is -0.200. The molecule has 0 saturated carbocycles. The highest BCUT2D eigenvalue weighted by molar-refractivity contribution is 5.98. The molecule has 6 nitrogen and oxygen atoms in total. The van der Waals surface area contributed by atoms with Gasteiger partial charge in [-0.1, -0.05) is 5.16 Å². The molecule has 2 aromatic rings. The Balaban J connectivity index is 1.92. The molecular weight excluding hydrogens is 320 g/mol. The van der Waals surface area contributed by atoms with E-state index in [2.05, 4.69) is 5.16 Å².